The predicted molar refractivity (Wildman–Crippen MR) is 72.6 cm³/mol. The molecule has 2 heterocycles. The van der Waals surface area contributed by atoms with Crippen LogP contribution in [0.1, 0.15) is 15.9 Å². The first-order chi connectivity index (χ1) is 9.70. The molecule has 0 atom stereocenters. The van der Waals surface area contributed by atoms with E-state index in [1.807, 2.05) is 6.07 Å². The van der Waals surface area contributed by atoms with Crippen molar-refractivity contribution < 1.29 is 13.9 Å². The number of carbonyl (C=O) groups is 1. The number of nitrogens with zero attached hydrogens (tertiary/aromatic N) is 2. The SMILES string of the molecule is COc1ccc2c(c1)CCN(c1ncccc1F)C2=O. The second-order valence-electron chi connectivity index (χ2n) is 4.54. The van der Waals surface area contributed by atoms with Crippen LogP contribution in [0.3, 0.4) is 0 Å². The van der Waals surface area contributed by atoms with Gasteiger partial charge in [-0.3, -0.25) is 9.69 Å². The van der Waals surface area contributed by atoms with Crippen molar-refractivity contribution in [2.45, 2.75) is 6.42 Å². The maximum atomic E-state index is 13.8. The van der Waals surface area contributed by atoms with Crippen LogP contribution in [0, 0.1) is 5.82 Å². The lowest BCUT2D eigenvalue weighted by molar-refractivity contribution is 0.0979. The Morgan fingerprint density at radius 2 is 2.20 bits per heavy atom. The summed E-state index contributed by atoms with van der Waals surface area (Å²) in [5.41, 5.74) is 1.49. The highest BCUT2D eigenvalue weighted by atomic mass is 19.1. The molecule has 0 bridgehead atoms. The van der Waals surface area contributed by atoms with Crippen molar-refractivity contribution in [2.75, 3.05) is 18.6 Å². The second-order valence-corrected chi connectivity index (χ2v) is 4.54. The van der Waals surface area contributed by atoms with Gasteiger partial charge >= 0.3 is 0 Å². The zero-order chi connectivity index (χ0) is 14.1. The number of hydrogen-bond donors (Lipinski definition) is 0. The molecule has 3 rings (SSSR count). The van der Waals surface area contributed by atoms with Crippen molar-refractivity contribution >= 4 is 11.7 Å². The minimum atomic E-state index is -0.488. The number of halogens is 1. The van der Waals surface area contributed by atoms with Gasteiger partial charge in [-0.15, -0.1) is 0 Å². The van der Waals surface area contributed by atoms with E-state index in [1.54, 1.807) is 19.2 Å². The van der Waals surface area contributed by atoms with Gasteiger partial charge in [-0.05, 0) is 42.3 Å². The van der Waals surface area contributed by atoms with Crippen molar-refractivity contribution in [3.63, 3.8) is 0 Å². The first kappa shape index (κ1) is 12.6. The van der Waals surface area contributed by atoms with Crippen LogP contribution >= 0.6 is 0 Å². The normalized spacial score (nSPS) is 14.1. The molecule has 0 N–H and O–H groups in total. The van der Waals surface area contributed by atoms with Crippen molar-refractivity contribution in [3.05, 3.63) is 53.5 Å². The Hall–Kier alpha value is -2.43. The standard InChI is InChI=1S/C15H13FN2O2/c1-20-11-4-5-12-10(9-11)6-8-18(15(12)19)14-13(16)3-2-7-17-14/h2-5,7,9H,6,8H2,1H3. The van der Waals surface area contributed by atoms with Crippen LogP contribution in [-0.2, 0) is 6.42 Å². The van der Waals surface area contributed by atoms with Crippen LogP contribution < -0.4 is 9.64 Å². The fourth-order valence-corrected chi connectivity index (χ4v) is 2.37. The van der Waals surface area contributed by atoms with Gasteiger partial charge in [0.1, 0.15) is 5.75 Å². The van der Waals surface area contributed by atoms with Crippen LogP contribution in [0.2, 0.25) is 0 Å². The van der Waals surface area contributed by atoms with Gasteiger partial charge in [0.05, 0.1) is 7.11 Å². The van der Waals surface area contributed by atoms with Gasteiger partial charge in [0, 0.05) is 18.3 Å². The summed E-state index contributed by atoms with van der Waals surface area (Å²) in [6, 6.07) is 8.10. The summed E-state index contributed by atoms with van der Waals surface area (Å²) >= 11 is 0. The molecule has 0 fully saturated rings. The molecule has 0 saturated heterocycles. The van der Waals surface area contributed by atoms with E-state index < -0.39 is 5.82 Å². The number of hydrogen-bond acceptors (Lipinski definition) is 3. The third kappa shape index (κ3) is 2.01. The van der Waals surface area contributed by atoms with E-state index in [0.717, 1.165) is 5.56 Å². The monoisotopic (exact) mass is 272 g/mol. The molecule has 0 spiro atoms. The maximum Gasteiger partial charge on any atom is 0.259 e. The molecule has 20 heavy (non-hydrogen) atoms. The summed E-state index contributed by atoms with van der Waals surface area (Å²) in [6.45, 7) is 0.410. The molecule has 2 aromatic rings. The lowest BCUT2D eigenvalue weighted by atomic mass is 9.98. The van der Waals surface area contributed by atoms with Gasteiger partial charge in [-0.1, -0.05) is 0 Å². The van der Waals surface area contributed by atoms with Crippen LogP contribution in [0.25, 0.3) is 0 Å². The van der Waals surface area contributed by atoms with Gasteiger partial charge in [-0.25, -0.2) is 9.37 Å². The Labute approximate surface area is 115 Å². The van der Waals surface area contributed by atoms with Gasteiger partial charge in [0.15, 0.2) is 11.6 Å². The first-order valence-electron chi connectivity index (χ1n) is 6.30. The number of fused-ring (bicyclic) bond motifs is 1. The molecule has 102 valence electrons. The van der Waals surface area contributed by atoms with E-state index >= 15 is 0 Å². The molecule has 1 aliphatic rings. The number of ether oxygens (including phenoxy) is 1. The summed E-state index contributed by atoms with van der Waals surface area (Å²) < 4.78 is 18.9. The Bertz CT molecular complexity index is 673. The van der Waals surface area contributed by atoms with Crippen molar-refractivity contribution in [1.82, 2.24) is 4.98 Å². The van der Waals surface area contributed by atoms with Crippen LogP contribution in [0.15, 0.2) is 36.5 Å². The lowest BCUT2D eigenvalue weighted by Gasteiger charge is -2.28. The Balaban J connectivity index is 1.99. The zero-order valence-electron chi connectivity index (χ0n) is 11.0. The molecule has 1 aliphatic heterocycles. The number of rotatable bonds is 2. The smallest absolute Gasteiger partial charge is 0.259 e. The number of amides is 1. The third-order valence-electron chi connectivity index (χ3n) is 3.39. The lowest BCUT2D eigenvalue weighted by Crippen LogP contribution is -2.38. The largest absolute Gasteiger partial charge is 0.497 e. The Morgan fingerprint density at radius 1 is 1.35 bits per heavy atom. The van der Waals surface area contributed by atoms with Crippen LogP contribution in [0.5, 0.6) is 5.75 Å². The number of anilines is 1. The van der Waals surface area contributed by atoms with Crippen molar-refractivity contribution in [1.29, 1.82) is 0 Å². The molecule has 1 aromatic heterocycles. The molecule has 0 unspecified atom stereocenters. The van der Waals surface area contributed by atoms with Gasteiger partial charge in [-0.2, -0.15) is 0 Å². The van der Waals surface area contributed by atoms with E-state index in [-0.39, 0.29) is 11.7 Å². The van der Waals surface area contributed by atoms with Crippen molar-refractivity contribution in [3.8, 4) is 5.75 Å². The third-order valence-corrected chi connectivity index (χ3v) is 3.39. The fourth-order valence-electron chi connectivity index (χ4n) is 2.37. The quantitative estimate of drug-likeness (QED) is 0.843. The highest BCUT2D eigenvalue weighted by Gasteiger charge is 2.28. The molecule has 0 radical (unpaired) electrons. The van der Waals surface area contributed by atoms with Gasteiger partial charge < -0.3 is 4.74 Å². The van der Waals surface area contributed by atoms with Crippen LogP contribution in [-0.4, -0.2) is 24.5 Å². The van der Waals surface area contributed by atoms with E-state index in [0.29, 0.717) is 24.3 Å². The minimum Gasteiger partial charge on any atom is -0.497 e. The average molecular weight is 272 g/mol. The minimum absolute atomic E-state index is 0.0824. The molecular formula is C15H13FN2O2. The highest BCUT2D eigenvalue weighted by molar-refractivity contribution is 6.07. The van der Waals surface area contributed by atoms with E-state index in [9.17, 15) is 9.18 Å². The number of carbonyl (C=O) groups excluding carboxylic acids is 1. The van der Waals surface area contributed by atoms with Gasteiger partial charge in [0.2, 0.25) is 0 Å². The molecular weight excluding hydrogens is 259 g/mol. The number of pyridine rings is 1. The molecule has 0 saturated carbocycles. The Morgan fingerprint density at radius 3 is 2.95 bits per heavy atom. The molecule has 4 nitrogen and oxygen atoms in total. The first-order valence-corrected chi connectivity index (χ1v) is 6.30. The highest BCUT2D eigenvalue weighted by Crippen LogP contribution is 2.27. The van der Waals surface area contributed by atoms with E-state index in [2.05, 4.69) is 4.98 Å². The summed E-state index contributed by atoms with van der Waals surface area (Å²) in [5, 5.41) is 0. The molecule has 5 heteroatoms. The van der Waals surface area contributed by atoms with Gasteiger partial charge in [0.25, 0.3) is 5.91 Å². The van der Waals surface area contributed by atoms with Crippen LogP contribution in [0.4, 0.5) is 10.2 Å². The number of benzene rings is 1. The fraction of sp³-hybridized carbons (Fsp3) is 0.200. The molecule has 0 aliphatic carbocycles. The summed E-state index contributed by atoms with van der Waals surface area (Å²) in [5.74, 6) is 0.0808. The summed E-state index contributed by atoms with van der Waals surface area (Å²) in [7, 11) is 1.59. The average Bonchev–Trinajstić information content (AvgIpc) is 2.48. The topological polar surface area (TPSA) is 42.4 Å². The number of aromatic nitrogens is 1. The van der Waals surface area contributed by atoms with Crippen molar-refractivity contribution in [2.24, 2.45) is 0 Å². The number of methoxy groups -OCH3 is 1. The Kier molecular flexibility index (Phi) is 3.10. The predicted octanol–water partition coefficient (Wildman–Crippen LogP) is 2.43. The summed E-state index contributed by atoms with van der Waals surface area (Å²) in [4.78, 5) is 17.8. The second kappa shape index (κ2) is 4.92. The van der Waals surface area contributed by atoms with E-state index in [1.165, 1.54) is 23.2 Å². The maximum absolute atomic E-state index is 13.8. The zero-order valence-corrected chi connectivity index (χ0v) is 11.0. The summed E-state index contributed by atoms with van der Waals surface area (Å²) in [6.07, 6.45) is 2.13. The molecule has 1 amide bonds. The molecule has 1 aromatic carbocycles. The van der Waals surface area contributed by atoms with E-state index in [4.69, 9.17) is 4.74 Å².